The summed E-state index contributed by atoms with van der Waals surface area (Å²) in [5, 5.41) is 25.3. The molecule has 0 saturated carbocycles. The van der Waals surface area contributed by atoms with Gasteiger partial charge in [-0.15, -0.1) is 0 Å². The molecule has 0 radical (unpaired) electrons. The second-order valence-corrected chi connectivity index (χ2v) is 8.21. The number of aliphatic carboxylic acids is 2. The van der Waals surface area contributed by atoms with E-state index in [-0.39, 0.29) is 18.8 Å². The Morgan fingerprint density at radius 1 is 0.848 bits per heavy atom. The molecule has 5 atom stereocenters. The molecule has 0 rings (SSSR count). The number of hydrogen-bond acceptors (Lipinski definition) is 7. The van der Waals surface area contributed by atoms with E-state index in [1.54, 1.807) is 27.7 Å². The van der Waals surface area contributed by atoms with E-state index in [4.69, 9.17) is 16.6 Å². The summed E-state index contributed by atoms with van der Waals surface area (Å²) in [5.74, 6) is -6.60. The zero-order valence-electron chi connectivity index (χ0n) is 19.3. The number of rotatable bonds is 15. The molecule has 0 bridgehead atoms. The Morgan fingerprint density at radius 3 is 1.82 bits per heavy atom. The van der Waals surface area contributed by atoms with E-state index < -0.39 is 72.1 Å². The van der Waals surface area contributed by atoms with Crippen LogP contribution < -0.4 is 27.4 Å². The Kier molecular flexibility index (Phi) is 12.7. The number of carbonyl (C=O) groups excluding carboxylic acids is 4. The van der Waals surface area contributed by atoms with Crippen LogP contribution in [0.5, 0.6) is 0 Å². The highest BCUT2D eigenvalue weighted by molar-refractivity contribution is 5.95. The first-order chi connectivity index (χ1) is 15.2. The summed E-state index contributed by atoms with van der Waals surface area (Å²) in [5.41, 5.74) is 10.6. The van der Waals surface area contributed by atoms with Crippen molar-refractivity contribution in [2.75, 3.05) is 0 Å². The molecule has 0 aromatic carbocycles. The second kappa shape index (κ2) is 14.0. The summed E-state index contributed by atoms with van der Waals surface area (Å²) in [6, 6.07) is -5.09. The fourth-order valence-electron chi connectivity index (χ4n) is 2.83. The molecule has 0 aliphatic heterocycles. The quantitative estimate of drug-likeness (QED) is 0.143. The van der Waals surface area contributed by atoms with Crippen LogP contribution in [0.2, 0.25) is 0 Å². The fraction of sp³-hybridized carbons (Fsp3) is 0.700. The zero-order valence-corrected chi connectivity index (χ0v) is 19.3. The smallest absolute Gasteiger partial charge is 0.326 e. The average Bonchev–Trinajstić information content (AvgIpc) is 2.70. The van der Waals surface area contributed by atoms with Crippen LogP contribution in [0.15, 0.2) is 0 Å². The van der Waals surface area contributed by atoms with Gasteiger partial charge in [-0.25, -0.2) is 4.79 Å². The van der Waals surface area contributed by atoms with E-state index in [0.717, 1.165) is 0 Å². The van der Waals surface area contributed by atoms with Crippen LogP contribution in [-0.4, -0.2) is 69.9 Å². The molecule has 13 heteroatoms. The predicted molar refractivity (Wildman–Crippen MR) is 116 cm³/mol. The number of amides is 4. The normalized spacial score (nSPS) is 15.5. The molecule has 0 aliphatic carbocycles. The maximum Gasteiger partial charge on any atom is 0.326 e. The first-order valence-corrected chi connectivity index (χ1v) is 10.6. The van der Waals surface area contributed by atoms with Gasteiger partial charge in [-0.05, 0) is 18.3 Å². The summed E-state index contributed by atoms with van der Waals surface area (Å²) >= 11 is 0. The molecule has 0 fully saturated rings. The van der Waals surface area contributed by atoms with Gasteiger partial charge in [0.05, 0.1) is 12.5 Å². The molecular weight excluding hydrogens is 438 g/mol. The lowest BCUT2D eigenvalue weighted by molar-refractivity contribution is -0.144. The van der Waals surface area contributed by atoms with Gasteiger partial charge in [-0.3, -0.25) is 24.0 Å². The molecule has 0 heterocycles. The lowest BCUT2D eigenvalue weighted by atomic mass is 9.97. The van der Waals surface area contributed by atoms with Crippen molar-refractivity contribution >= 4 is 35.6 Å². The van der Waals surface area contributed by atoms with E-state index >= 15 is 0 Å². The third-order valence-electron chi connectivity index (χ3n) is 5.07. The molecule has 0 saturated heterocycles. The van der Waals surface area contributed by atoms with E-state index in [2.05, 4.69) is 16.0 Å². The highest BCUT2D eigenvalue weighted by atomic mass is 16.4. The summed E-state index contributed by atoms with van der Waals surface area (Å²) in [6.07, 6.45) is -0.684. The molecule has 13 nitrogen and oxygen atoms in total. The summed E-state index contributed by atoms with van der Waals surface area (Å²) in [4.78, 5) is 71.2. The Bertz CT molecular complexity index is 742. The van der Waals surface area contributed by atoms with Crippen LogP contribution >= 0.6 is 0 Å². The monoisotopic (exact) mass is 473 g/mol. The molecule has 33 heavy (non-hydrogen) atoms. The van der Waals surface area contributed by atoms with Crippen LogP contribution in [0.4, 0.5) is 0 Å². The Balaban J connectivity index is 5.54. The molecule has 188 valence electrons. The maximum absolute atomic E-state index is 12.8. The minimum atomic E-state index is -1.44. The van der Waals surface area contributed by atoms with Crippen LogP contribution in [-0.2, 0) is 28.8 Å². The largest absolute Gasteiger partial charge is 0.481 e. The van der Waals surface area contributed by atoms with Crippen molar-refractivity contribution in [2.24, 2.45) is 23.3 Å². The van der Waals surface area contributed by atoms with Gasteiger partial charge in [0.25, 0.3) is 0 Å². The van der Waals surface area contributed by atoms with Gasteiger partial charge < -0.3 is 37.6 Å². The molecule has 0 aromatic rings. The lowest BCUT2D eigenvalue weighted by Crippen LogP contribution is -2.59. The Labute approximate surface area is 192 Å². The number of carboxylic acid groups (broad SMARTS) is 2. The highest BCUT2D eigenvalue weighted by Crippen LogP contribution is 2.11. The number of carboxylic acids is 2. The molecule has 9 N–H and O–H groups in total. The first kappa shape index (κ1) is 29.8. The van der Waals surface area contributed by atoms with Crippen LogP contribution in [0.1, 0.15) is 53.4 Å². The number of primary amides is 1. The topological polar surface area (TPSA) is 231 Å². The van der Waals surface area contributed by atoms with Crippen LogP contribution in [0.25, 0.3) is 0 Å². The third-order valence-corrected chi connectivity index (χ3v) is 5.07. The number of nitrogens with one attached hydrogen (secondary N) is 3. The van der Waals surface area contributed by atoms with E-state index in [0.29, 0.717) is 6.42 Å². The van der Waals surface area contributed by atoms with Crippen molar-refractivity contribution in [3.05, 3.63) is 0 Å². The first-order valence-electron chi connectivity index (χ1n) is 10.6. The van der Waals surface area contributed by atoms with Gasteiger partial charge in [-0.2, -0.15) is 0 Å². The van der Waals surface area contributed by atoms with Crippen LogP contribution in [0.3, 0.4) is 0 Å². The van der Waals surface area contributed by atoms with Crippen molar-refractivity contribution < 1.29 is 39.0 Å². The lowest BCUT2D eigenvalue weighted by Gasteiger charge is -2.28. The van der Waals surface area contributed by atoms with Crippen molar-refractivity contribution in [1.29, 1.82) is 0 Å². The van der Waals surface area contributed by atoms with Crippen LogP contribution in [0, 0.1) is 11.8 Å². The Hall–Kier alpha value is -3.22. The SMILES string of the molecule is CCC(C)C(NC(=O)C(NC(=O)C(CCC(N)=O)NC(=O)C(N)CC(=O)O)C(C)C)C(=O)O. The van der Waals surface area contributed by atoms with Gasteiger partial charge in [0.15, 0.2) is 0 Å². The maximum atomic E-state index is 12.8. The minimum absolute atomic E-state index is 0.218. The van der Waals surface area contributed by atoms with E-state index in [1.807, 2.05) is 0 Å². The second-order valence-electron chi connectivity index (χ2n) is 8.21. The molecule has 0 aromatic heterocycles. The minimum Gasteiger partial charge on any atom is -0.481 e. The van der Waals surface area contributed by atoms with Gasteiger partial charge in [0, 0.05) is 6.42 Å². The van der Waals surface area contributed by atoms with Gasteiger partial charge in [-0.1, -0.05) is 34.1 Å². The fourth-order valence-corrected chi connectivity index (χ4v) is 2.83. The molecule has 4 amide bonds. The molecule has 0 spiro atoms. The summed E-state index contributed by atoms with van der Waals surface area (Å²) in [6.45, 7) is 6.69. The summed E-state index contributed by atoms with van der Waals surface area (Å²) < 4.78 is 0. The predicted octanol–water partition coefficient (Wildman–Crippen LogP) is -1.70. The number of hydrogen-bond donors (Lipinski definition) is 7. The standard InChI is InChI=1S/C20H35N5O8/c1-5-10(4)16(20(32)33)25-19(31)15(9(2)3)24-18(30)12(6-7-13(22)26)23-17(29)11(21)8-14(27)28/h9-12,15-16H,5-8,21H2,1-4H3,(H2,22,26)(H,23,29)(H,24,30)(H,25,31)(H,27,28)(H,32,33). The molecular formula is C20H35N5O8. The molecule has 5 unspecified atom stereocenters. The van der Waals surface area contributed by atoms with Gasteiger partial charge >= 0.3 is 11.9 Å². The zero-order chi connectivity index (χ0) is 25.9. The van der Waals surface area contributed by atoms with E-state index in [9.17, 15) is 33.9 Å². The van der Waals surface area contributed by atoms with Crippen molar-refractivity contribution in [3.63, 3.8) is 0 Å². The Morgan fingerprint density at radius 2 is 1.39 bits per heavy atom. The number of carbonyl (C=O) groups is 6. The van der Waals surface area contributed by atoms with Crippen molar-refractivity contribution in [1.82, 2.24) is 16.0 Å². The third kappa shape index (κ3) is 10.8. The summed E-state index contributed by atoms with van der Waals surface area (Å²) in [7, 11) is 0. The number of nitrogens with two attached hydrogens (primary N) is 2. The molecule has 0 aliphatic rings. The highest BCUT2D eigenvalue weighted by Gasteiger charge is 2.33. The van der Waals surface area contributed by atoms with Crippen molar-refractivity contribution in [3.8, 4) is 0 Å². The van der Waals surface area contributed by atoms with Gasteiger partial charge in [0.2, 0.25) is 23.6 Å². The van der Waals surface area contributed by atoms with E-state index in [1.165, 1.54) is 0 Å². The van der Waals surface area contributed by atoms with Crippen molar-refractivity contribution in [2.45, 2.75) is 77.5 Å². The van der Waals surface area contributed by atoms with Gasteiger partial charge in [0.1, 0.15) is 18.1 Å². The average molecular weight is 474 g/mol.